The Bertz CT molecular complexity index is 1030. The van der Waals surface area contributed by atoms with Crippen molar-refractivity contribution >= 4 is 17.5 Å². The highest BCUT2D eigenvalue weighted by Gasteiger charge is 2.28. The summed E-state index contributed by atoms with van der Waals surface area (Å²) < 4.78 is 19.0. The van der Waals surface area contributed by atoms with Gasteiger partial charge in [-0.25, -0.2) is 14.4 Å². The van der Waals surface area contributed by atoms with E-state index in [1.807, 2.05) is 0 Å². The van der Waals surface area contributed by atoms with E-state index in [-0.39, 0.29) is 11.8 Å². The van der Waals surface area contributed by atoms with Crippen LogP contribution in [0.25, 0.3) is 0 Å². The van der Waals surface area contributed by atoms with Crippen molar-refractivity contribution in [1.82, 2.24) is 24.8 Å². The highest BCUT2D eigenvalue weighted by Crippen LogP contribution is 2.28. The fraction of sp³-hybridized carbons (Fsp3) is 0.318. The maximum absolute atomic E-state index is 13.3. The quantitative estimate of drug-likeness (QED) is 0.651. The van der Waals surface area contributed by atoms with Gasteiger partial charge in [-0.15, -0.1) is 0 Å². The molecule has 160 valence electrons. The van der Waals surface area contributed by atoms with Gasteiger partial charge in [-0.1, -0.05) is 6.07 Å². The van der Waals surface area contributed by atoms with E-state index in [4.69, 9.17) is 4.74 Å². The molecule has 4 rings (SSSR count). The van der Waals surface area contributed by atoms with E-state index in [1.54, 1.807) is 54.9 Å². The number of piperidine rings is 1. The Morgan fingerprint density at radius 3 is 2.71 bits per heavy atom. The van der Waals surface area contributed by atoms with Crippen molar-refractivity contribution in [2.24, 2.45) is 0 Å². The van der Waals surface area contributed by atoms with Gasteiger partial charge < -0.3 is 15.0 Å². The summed E-state index contributed by atoms with van der Waals surface area (Å²) in [6, 6.07) is 5.81. The molecule has 1 fully saturated rings. The number of amides is 1. The minimum absolute atomic E-state index is 0.105. The minimum Gasteiger partial charge on any atom is -0.481 e. The van der Waals surface area contributed by atoms with E-state index in [0.717, 1.165) is 18.5 Å². The van der Waals surface area contributed by atoms with E-state index < -0.39 is 11.9 Å². The first-order chi connectivity index (χ1) is 15.1. The summed E-state index contributed by atoms with van der Waals surface area (Å²) in [5.74, 6) is 1.26. The van der Waals surface area contributed by atoms with Crippen LogP contribution in [0.2, 0.25) is 0 Å². The number of benzene rings is 1. The molecule has 1 aromatic carbocycles. The number of carbonyl (C=O) groups excluding carboxylic acids is 1. The van der Waals surface area contributed by atoms with Gasteiger partial charge in [0.1, 0.15) is 23.2 Å². The van der Waals surface area contributed by atoms with Crippen molar-refractivity contribution < 1.29 is 13.9 Å². The summed E-state index contributed by atoms with van der Waals surface area (Å²) in [4.78, 5) is 31.7. The van der Waals surface area contributed by atoms with E-state index >= 15 is 0 Å². The average Bonchev–Trinajstić information content (AvgIpc) is 2.79. The molecule has 0 aliphatic carbocycles. The summed E-state index contributed by atoms with van der Waals surface area (Å²) in [6.07, 6.45) is 9.10. The summed E-state index contributed by atoms with van der Waals surface area (Å²) in [5.41, 5.74) is 0.880. The first kappa shape index (κ1) is 20.6. The molecule has 1 atom stereocenters. The summed E-state index contributed by atoms with van der Waals surface area (Å²) in [7, 11) is 0. The minimum atomic E-state index is -0.683. The predicted molar refractivity (Wildman–Crippen MR) is 112 cm³/mol. The van der Waals surface area contributed by atoms with Crippen LogP contribution >= 0.6 is 0 Å². The molecule has 0 unspecified atom stereocenters. The largest absolute Gasteiger partial charge is 0.481 e. The second-order valence-corrected chi connectivity index (χ2v) is 7.36. The van der Waals surface area contributed by atoms with Gasteiger partial charge in [0.25, 0.3) is 5.91 Å². The van der Waals surface area contributed by atoms with Crippen molar-refractivity contribution in [3.05, 3.63) is 66.8 Å². The van der Waals surface area contributed by atoms with E-state index in [1.165, 1.54) is 12.1 Å². The molecule has 1 N–H and O–H groups in total. The topological polar surface area (TPSA) is 93.1 Å². The van der Waals surface area contributed by atoms with Crippen molar-refractivity contribution in [2.45, 2.75) is 31.8 Å². The van der Waals surface area contributed by atoms with Gasteiger partial charge >= 0.3 is 0 Å². The van der Waals surface area contributed by atoms with Gasteiger partial charge in [0.2, 0.25) is 0 Å². The second kappa shape index (κ2) is 9.46. The van der Waals surface area contributed by atoms with E-state index in [9.17, 15) is 9.18 Å². The normalized spacial score (nSPS) is 15.4. The monoisotopic (exact) mass is 422 g/mol. The molecule has 1 aliphatic rings. The van der Waals surface area contributed by atoms with Gasteiger partial charge in [0, 0.05) is 43.7 Å². The molecule has 1 aliphatic heterocycles. The Hall–Kier alpha value is -3.62. The fourth-order valence-electron chi connectivity index (χ4n) is 3.58. The van der Waals surface area contributed by atoms with E-state index in [2.05, 4.69) is 25.3 Å². The third-order valence-corrected chi connectivity index (χ3v) is 5.15. The van der Waals surface area contributed by atoms with Crippen molar-refractivity contribution in [3.8, 4) is 5.75 Å². The number of hydrogen-bond acceptors (Lipinski definition) is 7. The van der Waals surface area contributed by atoms with Crippen LogP contribution in [0.15, 0.2) is 55.2 Å². The number of hydrogen-bond donors (Lipinski definition) is 1. The van der Waals surface area contributed by atoms with Gasteiger partial charge in [-0.2, -0.15) is 0 Å². The van der Waals surface area contributed by atoms with Gasteiger partial charge in [0.15, 0.2) is 6.10 Å². The van der Waals surface area contributed by atoms with Crippen molar-refractivity contribution in [3.63, 3.8) is 0 Å². The van der Waals surface area contributed by atoms with Gasteiger partial charge in [-0.3, -0.25) is 14.8 Å². The highest BCUT2D eigenvalue weighted by molar-refractivity contribution is 5.81. The van der Waals surface area contributed by atoms with Crippen molar-refractivity contribution in [1.29, 1.82) is 0 Å². The number of nitrogens with one attached hydrogen (secondary N) is 1. The van der Waals surface area contributed by atoms with Crippen LogP contribution in [0, 0.1) is 5.82 Å². The molecule has 1 saturated heterocycles. The lowest BCUT2D eigenvalue weighted by Crippen LogP contribution is -2.44. The fourth-order valence-corrected chi connectivity index (χ4v) is 3.58. The smallest absolute Gasteiger partial charge is 0.263 e. The molecule has 0 radical (unpaired) electrons. The lowest BCUT2D eigenvalue weighted by atomic mass is 9.93. The number of rotatable bonds is 6. The van der Waals surface area contributed by atoms with Crippen LogP contribution in [0.3, 0.4) is 0 Å². The summed E-state index contributed by atoms with van der Waals surface area (Å²) >= 11 is 0. The molecule has 31 heavy (non-hydrogen) atoms. The van der Waals surface area contributed by atoms with Crippen LogP contribution in [0.5, 0.6) is 5.75 Å². The third kappa shape index (κ3) is 5.30. The average molecular weight is 422 g/mol. The Balaban J connectivity index is 1.33. The summed E-state index contributed by atoms with van der Waals surface area (Å²) in [5, 5.41) is 3.10. The number of likely N-dealkylation sites (tertiary alicyclic amines) is 1. The zero-order valence-electron chi connectivity index (χ0n) is 17.1. The number of carbonyl (C=O) groups is 1. The second-order valence-electron chi connectivity index (χ2n) is 7.36. The van der Waals surface area contributed by atoms with Crippen molar-refractivity contribution in [2.75, 3.05) is 18.4 Å². The van der Waals surface area contributed by atoms with E-state index in [0.29, 0.717) is 30.5 Å². The van der Waals surface area contributed by atoms with Crippen LogP contribution < -0.4 is 10.1 Å². The highest BCUT2D eigenvalue weighted by atomic mass is 19.1. The molecule has 8 nitrogen and oxygen atoms in total. The van der Waals surface area contributed by atoms with Crippen LogP contribution in [0.1, 0.15) is 31.4 Å². The Morgan fingerprint density at radius 2 is 1.97 bits per heavy atom. The Morgan fingerprint density at radius 1 is 1.16 bits per heavy atom. The lowest BCUT2D eigenvalue weighted by Gasteiger charge is -2.33. The third-order valence-electron chi connectivity index (χ3n) is 5.15. The zero-order chi connectivity index (χ0) is 21.6. The van der Waals surface area contributed by atoms with Crippen LogP contribution in [-0.4, -0.2) is 49.9 Å². The predicted octanol–water partition coefficient (Wildman–Crippen LogP) is 3.32. The Kier molecular flexibility index (Phi) is 6.30. The van der Waals surface area contributed by atoms with Crippen LogP contribution in [-0.2, 0) is 4.79 Å². The number of ether oxygens (including phenoxy) is 1. The van der Waals surface area contributed by atoms with Gasteiger partial charge in [-0.05, 0) is 31.9 Å². The SMILES string of the molecule is C[C@H](Oc1cccc(F)c1)C(=O)N1CCC(c2cncc(Nc3cnccn3)n2)CC1. The lowest BCUT2D eigenvalue weighted by molar-refractivity contribution is -0.139. The van der Waals surface area contributed by atoms with Crippen LogP contribution in [0.4, 0.5) is 16.0 Å². The maximum atomic E-state index is 13.3. The summed E-state index contributed by atoms with van der Waals surface area (Å²) in [6.45, 7) is 2.89. The standard InChI is InChI=1S/C22H23FN6O2/c1-15(31-18-4-2-3-17(23)11-18)22(30)29-9-5-16(6-10-29)19-12-25-14-21(27-19)28-20-13-24-7-8-26-20/h2-4,7-8,11-16H,5-6,9-10H2,1H3,(H,26,27,28)/t15-/m0/s1. The molecule has 0 spiro atoms. The number of anilines is 2. The molecule has 0 bridgehead atoms. The molecule has 1 amide bonds. The first-order valence-electron chi connectivity index (χ1n) is 10.1. The van der Waals surface area contributed by atoms with Gasteiger partial charge in [0.05, 0.1) is 18.1 Å². The molecule has 3 heterocycles. The molecule has 2 aromatic heterocycles. The maximum Gasteiger partial charge on any atom is 0.263 e. The first-order valence-corrected chi connectivity index (χ1v) is 10.1. The zero-order valence-corrected chi connectivity index (χ0v) is 17.1. The molecular formula is C22H23FN6O2. The molecule has 3 aromatic rings. The number of aromatic nitrogens is 4. The number of halogens is 1. The number of nitrogens with zero attached hydrogens (tertiary/aromatic N) is 5. The molecule has 9 heteroatoms. The Labute approximate surface area is 179 Å². The molecular weight excluding hydrogens is 399 g/mol. The molecule has 0 saturated carbocycles.